The van der Waals surface area contributed by atoms with E-state index in [0.717, 1.165) is 5.56 Å². The number of fused-ring (bicyclic) bond motifs is 1. The van der Waals surface area contributed by atoms with Crippen molar-refractivity contribution in [1.29, 1.82) is 0 Å². The lowest BCUT2D eigenvalue weighted by atomic mass is 10.1. The molecule has 0 aliphatic heterocycles. The summed E-state index contributed by atoms with van der Waals surface area (Å²) in [5.74, 6) is 0.910. The summed E-state index contributed by atoms with van der Waals surface area (Å²) in [5, 5.41) is 3.30. The Hall–Kier alpha value is -4.00. The van der Waals surface area contributed by atoms with Crippen LogP contribution < -0.4 is 15.6 Å². The highest BCUT2D eigenvalue weighted by Gasteiger charge is 2.12. The molecular weight excluding hydrogens is 380 g/mol. The molecule has 7 heteroatoms. The molecule has 2 heterocycles. The first-order valence-corrected chi connectivity index (χ1v) is 9.46. The molecule has 0 saturated heterocycles. The Morgan fingerprint density at radius 3 is 2.63 bits per heavy atom. The van der Waals surface area contributed by atoms with Gasteiger partial charge >= 0.3 is 0 Å². The van der Waals surface area contributed by atoms with Crippen LogP contribution in [0.5, 0.6) is 5.75 Å². The van der Waals surface area contributed by atoms with Crippen LogP contribution >= 0.6 is 0 Å². The fourth-order valence-electron chi connectivity index (χ4n) is 3.21. The molecule has 0 atom stereocenters. The minimum atomic E-state index is -0.263. The van der Waals surface area contributed by atoms with Crippen molar-refractivity contribution in [2.24, 2.45) is 0 Å². The van der Waals surface area contributed by atoms with Crippen LogP contribution in [0.15, 0.2) is 71.7 Å². The summed E-state index contributed by atoms with van der Waals surface area (Å²) in [4.78, 5) is 33.8. The van der Waals surface area contributed by atoms with Gasteiger partial charge < -0.3 is 10.1 Å². The van der Waals surface area contributed by atoms with E-state index in [1.165, 1.54) is 0 Å². The summed E-state index contributed by atoms with van der Waals surface area (Å²) in [6.07, 6.45) is 1.61. The van der Waals surface area contributed by atoms with Gasteiger partial charge in [0.1, 0.15) is 11.6 Å². The number of aromatic nitrogens is 3. The van der Waals surface area contributed by atoms with Gasteiger partial charge in [-0.2, -0.15) is 0 Å². The van der Waals surface area contributed by atoms with Gasteiger partial charge in [0.15, 0.2) is 12.3 Å². The zero-order valence-corrected chi connectivity index (χ0v) is 16.6. The van der Waals surface area contributed by atoms with Crippen molar-refractivity contribution < 1.29 is 9.53 Å². The third-order valence-electron chi connectivity index (χ3n) is 4.67. The smallest absolute Gasteiger partial charge is 0.267 e. The van der Waals surface area contributed by atoms with Crippen LogP contribution in [0.25, 0.3) is 16.7 Å². The minimum Gasteiger partial charge on any atom is -0.484 e. The van der Waals surface area contributed by atoms with Crippen LogP contribution in [0, 0.1) is 13.8 Å². The number of nitrogens with one attached hydrogen (secondary N) is 1. The van der Waals surface area contributed by atoms with Gasteiger partial charge in [0.2, 0.25) is 0 Å². The molecule has 0 bridgehead atoms. The first-order chi connectivity index (χ1) is 14.5. The van der Waals surface area contributed by atoms with E-state index in [9.17, 15) is 9.59 Å². The number of carbonyl (C=O) groups is 1. The largest absolute Gasteiger partial charge is 0.484 e. The number of ether oxygens (including phenoxy) is 1. The fourth-order valence-corrected chi connectivity index (χ4v) is 3.21. The summed E-state index contributed by atoms with van der Waals surface area (Å²) in [6, 6.07) is 18.0. The zero-order chi connectivity index (χ0) is 21.1. The molecular formula is C23H20N4O3. The number of para-hydroxylation sites is 1. The summed E-state index contributed by atoms with van der Waals surface area (Å²) in [6.45, 7) is 3.54. The molecule has 0 aliphatic rings. The third kappa shape index (κ3) is 3.91. The third-order valence-corrected chi connectivity index (χ3v) is 4.67. The standard InChI is InChI=1S/C23H20N4O3/c1-15-13-17(27-16(2)25-22-19(23(27)29)9-6-12-24-22)10-11-20(15)26-21(28)14-30-18-7-4-3-5-8-18/h3-13H,14H2,1-2H3,(H,26,28). The van der Waals surface area contributed by atoms with Gasteiger partial charge in [-0.3, -0.25) is 14.2 Å². The average molecular weight is 400 g/mol. The Labute approximate surface area is 173 Å². The second-order valence-electron chi connectivity index (χ2n) is 6.82. The SMILES string of the molecule is Cc1cc(-n2c(C)nc3ncccc3c2=O)ccc1NC(=O)COc1ccccc1. The predicted octanol–water partition coefficient (Wildman–Crippen LogP) is 3.42. The van der Waals surface area contributed by atoms with Gasteiger partial charge in [0, 0.05) is 11.9 Å². The average Bonchev–Trinajstić information content (AvgIpc) is 2.75. The summed E-state index contributed by atoms with van der Waals surface area (Å²) in [7, 11) is 0. The lowest BCUT2D eigenvalue weighted by Gasteiger charge is -2.14. The Morgan fingerprint density at radius 1 is 1.07 bits per heavy atom. The number of carbonyl (C=O) groups excluding carboxylic acids is 1. The van der Waals surface area contributed by atoms with E-state index in [0.29, 0.717) is 34.0 Å². The van der Waals surface area contributed by atoms with Crippen molar-refractivity contribution in [2.75, 3.05) is 11.9 Å². The highest BCUT2D eigenvalue weighted by atomic mass is 16.5. The molecule has 0 saturated carbocycles. The number of hydrogen-bond donors (Lipinski definition) is 1. The lowest BCUT2D eigenvalue weighted by molar-refractivity contribution is -0.118. The molecule has 2 aromatic heterocycles. The second-order valence-corrected chi connectivity index (χ2v) is 6.82. The van der Waals surface area contributed by atoms with Crippen LogP contribution in [0.2, 0.25) is 0 Å². The number of amides is 1. The van der Waals surface area contributed by atoms with Gasteiger partial charge in [0.05, 0.1) is 11.1 Å². The number of aryl methyl sites for hydroxylation is 2. The highest BCUT2D eigenvalue weighted by molar-refractivity contribution is 5.92. The van der Waals surface area contributed by atoms with Gasteiger partial charge in [-0.15, -0.1) is 0 Å². The molecule has 150 valence electrons. The highest BCUT2D eigenvalue weighted by Crippen LogP contribution is 2.20. The topological polar surface area (TPSA) is 86.1 Å². The van der Waals surface area contributed by atoms with E-state index in [2.05, 4.69) is 15.3 Å². The van der Waals surface area contributed by atoms with E-state index >= 15 is 0 Å². The Morgan fingerprint density at radius 2 is 1.87 bits per heavy atom. The number of anilines is 1. The molecule has 0 spiro atoms. The van der Waals surface area contributed by atoms with E-state index in [1.807, 2.05) is 31.2 Å². The van der Waals surface area contributed by atoms with Crippen LogP contribution in [-0.4, -0.2) is 27.0 Å². The normalized spacial score (nSPS) is 10.7. The number of benzene rings is 2. The molecule has 4 rings (SSSR count). The Balaban J connectivity index is 1.56. The van der Waals surface area contributed by atoms with Crippen molar-refractivity contribution in [2.45, 2.75) is 13.8 Å². The van der Waals surface area contributed by atoms with Crippen LogP contribution in [0.1, 0.15) is 11.4 Å². The molecule has 30 heavy (non-hydrogen) atoms. The Bertz CT molecular complexity index is 1280. The van der Waals surface area contributed by atoms with Crippen LogP contribution in [-0.2, 0) is 4.79 Å². The maximum absolute atomic E-state index is 12.9. The molecule has 0 fully saturated rings. The predicted molar refractivity (Wildman–Crippen MR) is 115 cm³/mol. The van der Waals surface area contributed by atoms with Crippen LogP contribution in [0.3, 0.4) is 0 Å². The fraction of sp³-hybridized carbons (Fsp3) is 0.130. The Kier molecular flexibility index (Phi) is 5.26. The number of nitrogens with zero attached hydrogens (tertiary/aromatic N) is 3. The first-order valence-electron chi connectivity index (χ1n) is 9.46. The van der Waals surface area contributed by atoms with Gasteiger partial charge in [0.25, 0.3) is 11.5 Å². The van der Waals surface area contributed by atoms with Gasteiger partial charge in [-0.05, 0) is 61.9 Å². The van der Waals surface area contributed by atoms with E-state index in [1.54, 1.807) is 54.1 Å². The molecule has 7 nitrogen and oxygen atoms in total. The number of pyridine rings is 1. The number of rotatable bonds is 5. The molecule has 0 unspecified atom stereocenters. The van der Waals surface area contributed by atoms with Crippen molar-refractivity contribution in [1.82, 2.24) is 14.5 Å². The van der Waals surface area contributed by atoms with Crippen molar-refractivity contribution in [3.8, 4) is 11.4 Å². The molecule has 4 aromatic rings. The molecule has 0 radical (unpaired) electrons. The maximum atomic E-state index is 12.9. The monoisotopic (exact) mass is 400 g/mol. The molecule has 0 aliphatic carbocycles. The summed E-state index contributed by atoms with van der Waals surface area (Å²) >= 11 is 0. The summed E-state index contributed by atoms with van der Waals surface area (Å²) in [5.41, 5.74) is 2.39. The van der Waals surface area contributed by atoms with Crippen molar-refractivity contribution in [3.05, 3.63) is 88.6 Å². The number of hydrogen-bond acceptors (Lipinski definition) is 5. The molecule has 1 amide bonds. The summed E-state index contributed by atoms with van der Waals surface area (Å²) < 4.78 is 7.02. The van der Waals surface area contributed by atoms with Crippen molar-refractivity contribution in [3.63, 3.8) is 0 Å². The lowest BCUT2D eigenvalue weighted by Crippen LogP contribution is -2.23. The second kappa shape index (κ2) is 8.16. The van der Waals surface area contributed by atoms with E-state index in [-0.39, 0.29) is 18.1 Å². The minimum absolute atomic E-state index is 0.0919. The van der Waals surface area contributed by atoms with Crippen LogP contribution in [0.4, 0.5) is 5.69 Å². The van der Waals surface area contributed by atoms with Crippen molar-refractivity contribution >= 4 is 22.6 Å². The quantitative estimate of drug-likeness (QED) is 0.555. The first kappa shape index (κ1) is 19.3. The van der Waals surface area contributed by atoms with Gasteiger partial charge in [-0.1, -0.05) is 18.2 Å². The zero-order valence-electron chi connectivity index (χ0n) is 16.6. The maximum Gasteiger partial charge on any atom is 0.267 e. The molecule has 1 N–H and O–H groups in total. The van der Waals surface area contributed by atoms with E-state index in [4.69, 9.17) is 4.74 Å². The van der Waals surface area contributed by atoms with E-state index < -0.39 is 0 Å². The van der Waals surface area contributed by atoms with Gasteiger partial charge in [-0.25, -0.2) is 9.97 Å². The molecule has 2 aromatic carbocycles.